The van der Waals surface area contributed by atoms with Crippen molar-refractivity contribution in [2.45, 2.75) is 11.3 Å². The van der Waals surface area contributed by atoms with Crippen LogP contribution in [0.2, 0.25) is 0 Å². The molecule has 2 rings (SSSR count). The number of sulfone groups is 1. The van der Waals surface area contributed by atoms with E-state index in [1.54, 1.807) is 6.07 Å². The van der Waals surface area contributed by atoms with Crippen molar-refractivity contribution in [3.8, 4) is 0 Å². The predicted molar refractivity (Wildman–Crippen MR) is 83.8 cm³/mol. The summed E-state index contributed by atoms with van der Waals surface area (Å²) in [5.74, 6) is -0.501. The summed E-state index contributed by atoms with van der Waals surface area (Å²) in [6.07, 6.45) is 2.59. The van der Waals surface area contributed by atoms with Gasteiger partial charge in [-0.1, -0.05) is 0 Å². The first-order valence-electron chi connectivity index (χ1n) is 6.78. The fourth-order valence-electron chi connectivity index (χ4n) is 1.79. The lowest BCUT2D eigenvalue weighted by Crippen LogP contribution is -2.27. The SMILES string of the molecule is CS(=O)(=O)c1ccc(NC(=O)CCNC(=O)c2ccco2)cc1. The van der Waals surface area contributed by atoms with E-state index in [9.17, 15) is 18.0 Å². The van der Waals surface area contributed by atoms with E-state index in [-0.39, 0.29) is 35.4 Å². The number of nitrogens with one attached hydrogen (secondary N) is 2. The molecule has 0 unspecified atom stereocenters. The van der Waals surface area contributed by atoms with Crippen molar-refractivity contribution in [3.05, 3.63) is 48.4 Å². The summed E-state index contributed by atoms with van der Waals surface area (Å²) in [4.78, 5) is 23.5. The van der Waals surface area contributed by atoms with E-state index in [0.29, 0.717) is 5.69 Å². The molecule has 0 fully saturated rings. The molecule has 122 valence electrons. The summed E-state index contributed by atoms with van der Waals surface area (Å²) in [7, 11) is -3.26. The van der Waals surface area contributed by atoms with Gasteiger partial charge in [0.15, 0.2) is 15.6 Å². The number of furan rings is 1. The van der Waals surface area contributed by atoms with Gasteiger partial charge < -0.3 is 15.1 Å². The molecule has 0 aliphatic rings. The molecule has 7 nitrogen and oxygen atoms in total. The minimum Gasteiger partial charge on any atom is -0.459 e. The summed E-state index contributed by atoms with van der Waals surface area (Å²) in [5, 5.41) is 5.18. The van der Waals surface area contributed by atoms with E-state index in [0.717, 1.165) is 6.26 Å². The van der Waals surface area contributed by atoms with E-state index >= 15 is 0 Å². The summed E-state index contributed by atoms with van der Waals surface area (Å²) in [6.45, 7) is 0.160. The molecule has 1 aromatic heterocycles. The number of rotatable bonds is 6. The third-order valence-corrected chi connectivity index (χ3v) is 4.08. The van der Waals surface area contributed by atoms with Gasteiger partial charge in [0, 0.05) is 24.9 Å². The Kier molecular flexibility index (Phi) is 5.17. The van der Waals surface area contributed by atoms with Crippen LogP contribution in [-0.2, 0) is 14.6 Å². The molecule has 8 heteroatoms. The molecule has 0 radical (unpaired) electrons. The molecule has 1 heterocycles. The first-order valence-corrected chi connectivity index (χ1v) is 8.67. The van der Waals surface area contributed by atoms with Crippen LogP contribution < -0.4 is 10.6 Å². The van der Waals surface area contributed by atoms with Crippen LogP contribution in [0.15, 0.2) is 52.0 Å². The van der Waals surface area contributed by atoms with Gasteiger partial charge in [-0.05, 0) is 36.4 Å². The Labute approximate surface area is 133 Å². The molecule has 23 heavy (non-hydrogen) atoms. The zero-order valence-electron chi connectivity index (χ0n) is 12.4. The highest BCUT2D eigenvalue weighted by Crippen LogP contribution is 2.13. The van der Waals surface area contributed by atoms with Crippen LogP contribution in [0.3, 0.4) is 0 Å². The van der Waals surface area contributed by atoms with Crippen LogP contribution in [0, 0.1) is 0 Å². The van der Waals surface area contributed by atoms with Gasteiger partial charge in [-0.2, -0.15) is 0 Å². The van der Waals surface area contributed by atoms with Crippen molar-refractivity contribution >= 4 is 27.3 Å². The molecule has 0 saturated carbocycles. The lowest BCUT2D eigenvalue weighted by atomic mass is 10.3. The molecule has 2 amide bonds. The van der Waals surface area contributed by atoms with Gasteiger partial charge in [0.05, 0.1) is 11.2 Å². The van der Waals surface area contributed by atoms with Gasteiger partial charge in [-0.15, -0.1) is 0 Å². The highest BCUT2D eigenvalue weighted by atomic mass is 32.2. The topological polar surface area (TPSA) is 105 Å². The van der Waals surface area contributed by atoms with Crippen molar-refractivity contribution in [1.82, 2.24) is 5.32 Å². The molecule has 0 bridgehead atoms. The third kappa shape index (κ3) is 4.96. The summed E-state index contributed by atoms with van der Waals surface area (Å²) in [5.41, 5.74) is 0.486. The van der Waals surface area contributed by atoms with Crippen LogP contribution in [0.5, 0.6) is 0 Å². The Morgan fingerprint density at radius 2 is 1.83 bits per heavy atom. The minimum atomic E-state index is -3.26. The number of anilines is 1. The molecular weight excluding hydrogens is 320 g/mol. The number of carbonyl (C=O) groups excluding carboxylic acids is 2. The maximum Gasteiger partial charge on any atom is 0.286 e. The monoisotopic (exact) mass is 336 g/mol. The quantitative estimate of drug-likeness (QED) is 0.830. The molecule has 0 aliphatic heterocycles. The number of carbonyl (C=O) groups is 2. The predicted octanol–water partition coefficient (Wildman–Crippen LogP) is 1.44. The Hall–Kier alpha value is -2.61. The zero-order valence-corrected chi connectivity index (χ0v) is 13.2. The molecule has 0 saturated heterocycles. The number of hydrogen-bond donors (Lipinski definition) is 2. The number of amides is 2. The smallest absolute Gasteiger partial charge is 0.286 e. The second kappa shape index (κ2) is 7.10. The number of hydrogen-bond acceptors (Lipinski definition) is 5. The van der Waals surface area contributed by atoms with E-state index in [2.05, 4.69) is 10.6 Å². The van der Waals surface area contributed by atoms with Crippen molar-refractivity contribution < 1.29 is 22.4 Å². The van der Waals surface area contributed by atoms with Gasteiger partial charge in [0.25, 0.3) is 5.91 Å². The van der Waals surface area contributed by atoms with Gasteiger partial charge in [0.2, 0.25) is 5.91 Å². The Morgan fingerprint density at radius 1 is 1.13 bits per heavy atom. The van der Waals surface area contributed by atoms with E-state index in [1.165, 1.54) is 36.6 Å². The second-order valence-electron chi connectivity index (χ2n) is 4.83. The molecule has 0 atom stereocenters. The molecule has 2 aromatic rings. The summed E-state index contributed by atoms with van der Waals surface area (Å²) in [6, 6.07) is 8.99. The average molecular weight is 336 g/mol. The van der Waals surface area contributed by atoms with Gasteiger partial charge in [-0.25, -0.2) is 8.42 Å². The standard InChI is InChI=1S/C15H16N2O5S/c1-23(20,21)12-6-4-11(5-7-12)17-14(18)8-9-16-15(19)13-3-2-10-22-13/h2-7,10H,8-9H2,1H3,(H,16,19)(H,17,18). The second-order valence-corrected chi connectivity index (χ2v) is 6.84. The average Bonchev–Trinajstić information content (AvgIpc) is 3.01. The van der Waals surface area contributed by atoms with Crippen molar-refractivity contribution in [1.29, 1.82) is 0 Å². The van der Waals surface area contributed by atoms with Gasteiger partial charge in [-0.3, -0.25) is 9.59 Å². The molecule has 1 aromatic carbocycles. The molecule has 2 N–H and O–H groups in total. The van der Waals surface area contributed by atoms with Crippen molar-refractivity contribution in [2.24, 2.45) is 0 Å². The van der Waals surface area contributed by atoms with Crippen molar-refractivity contribution in [3.63, 3.8) is 0 Å². The highest BCUT2D eigenvalue weighted by molar-refractivity contribution is 7.90. The normalized spacial score (nSPS) is 11.0. The van der Waals surface area contributed by atoms with Crippen LogP contribution in [-0.4, -0.2) is 33.0 Å². The van der Waals surface area contributed by atoms with Gasteiger partial charge >= 0.3 is 0 Å². The summed E-state index contributed by atoms with van der Waals surface area (Å²) >= 11 is 0. The zero-order chi connectivity index (χ0) is 16.9. The minimum absolute atomic E-state index is 0.0836. The maximum atomic E-state index is 11.8. The molecular formula is C15H16N2O5S. The van der Waals surface area contributed by atoms with E-state index < -0.39 is 9.84 Å². The fraction of sp³-hybridized carbons (Fsp3) is 0.200. The highest BCUT2D eigenvalue weighted by Gasteiger charge is 2.10. The van der Waals surface area contributed by atoms with Crippen LogP contribution in [0.1, 0.15) is 17.0 Å². The Bertz CT molecular complexity index is 780. The van der Waals surface area contributed by atoms with E-state index in [4.69, 9.17) is 4.42 Å². The Balaban J connectivity index is 1.80. The van der Waals surface area contributed by atoms with Crippen LogP contribution in [0.25, 0.3) is 0 Å². The first kappa shape index (κ1) is 16.8. The largest absolute Gasteiger partial charge is 0.459 e. The lowest BCUT2D eigenvalue weighted by Gasteiger charge is -2.06. The molecule has 0 aliphatic carbocycles. The number of benzene rings is 1. The van der Waals surface area contributed by atoms with Crippen molar-refractivity contribution in [2.75, 3.05) is 18.1 Å². The Morgan fingerprint density at radius 3 is 2.39 bits per heavy atom. The third-order valence-electron chi connectivity index (χ3n) is 2.95. The van der Waals surface area contributed by atoms with E-state index in [1.807, 2.05) is 0 Å². The maximum absolute atomic E-state index is 11.8. The lowest BCUT2D eigenvalue weighted by molar-refractivity contribution is -0.116. The van der Waals surface area contributed by atoms with Gasteiger partial charge in [0.1, 0.15) is 0 Å². The van der Waals surface area contributed by atoms with Crippen LogP contribution >= 0.6 is 0 Å². The molecule has 0 spiro atoms. The summed E-state index contributed by atoms with van der Waals surface area (Å²) < 4.78 is 27.6. The fourth-order valence-corrected chi connectivity index (χ4v) is 2.42. The van der Waals surface area contributed by atoms with Crippen LogP contribution in [0.4, 0.5) is 5.69 Å². The first-order chi connectivity index (χ1) is 10.9.